The van der Waals surface area contributed by atoms with E-state index in [0.717, 1.165) is 23.4 Å². The summed E-state index contributed by atoms with van der Waals surface area (Å²) in [4.78, 5) is 17.6. The summed E-state index contributed by atoms with van der Waals surface area (Å²) < 4.78 is 17.0. The Labute approximate surface area is 181 Å². The summed E-state index contributed by atoms with van der Waals surface area (Å²) >= 11 is 0. The molecule has 5 rings (SSSR count). The minimum Gasteiger partial charge on any atom is -0.493 e. The largest absolute Gasteiger partial charge is 0.493 e. The topological polar surface area (TPSA) is 51.2 Å². The Balaban J connectivity index is 1.54. The number of fused-ring (bicyclic) bond motifs is 3. The highest BCUT2D eigenvalue weighted by Gasteiger charge is 2.36. The second-order valence-electron chi connectivity index (χ2n) is 7.81. The molecule has 0 fully saturated rings. The average Bonchev–Trinajstić information content (AvgIpc) is 2.80. The monoisotopic (exact) mass is 416 g/mol. The molecule has 3 aromatic carbocycles. The zero-order chi connectivity index (χ0) is 21.5. The van der Waals surface area contributed by atoms with Crippen molar-refractivity contribution in [3.05, 3.63) is 71.8 Å². The quantitative estimate of drug-likeness (QED) is 0.552. The second kappa shape index (κ2) is 7.54. The van der Waals surface area contributed by atoms with Crippen LogP contribution in [0.1, 0.15) is 18.1 Å². The van der Waals surface area contributed by atoms with Crippen LogP contribution in [-0.4, -0.2) is 31.2 Å². The Morgan fingerprint density at radius 3 is 2.03 bits per heavy atom. The molecule has 0 bridgehead atoms. The number of urea groups is 1. The maximum absolute atomic E-state index is 13.9. The van der Waals surface area contributed by atoms with Gasteiger partial charge in [-0.25, -0.2) is 4.79 Å². The van der Waals surface area contributed by atoms with Crippen molar-refractivity contribution < 1.29 is 19.0 Å². The number of para-hydroxylation sites is 4. The van der Waals surface area contributed by atoms with E-state index in [2.05, 4.69) is 6.92 Å². The molecule has 0 spiro atoms. The number of benzene rings is 3. The third-order valence-electron chi connectivity index (χ3n) is 5.96. The first-order chi connectivity index (χ1) is 15.1. The highest BCUT2D eigenvalue weighted by Crippen LogP contribution is 2.47. The molecule has 6 nitrogen and oxygen atoms in total. The van der Waals surface area contributed by atoms with Crippen LogP contribution < -0.4 is 19.1 Å². The molecule has 0 N–H and O–H groups in total. The summed E-state index contributed by atoms with van der Waals surface area (Å²) in [6.07, 6.45) is 0.745. The number of nitrogens with zero attached hydrogens (tertiary/aromatic N) is 2. The molecular formula is C25H24N2O4. The third-order valence-corrected chi connectivity index (χ3v) is 5.96. The molecule has 1 atom stereocenters. The standard InChI is InChI=1S/C25H24N2O4/c1-16-12-17-13-23(29-2)24(30-3)14-18(17)15-26(16)25(28)27-19-8-4-6-10-21(19)31-22-11-7-5-9-20(22)27/h4-11,13-14,16H,12,15H2,1-3H3. The van der Waals surface area contributed by atoms with Crippen molar-refractivity contribution in [3.8, 4) is 23.0 Å². The lowest BCUT2D eigenvalue weighted by atomic mass is 9.94. The van der Waals surface area contributed by atoms with Gasteiger partial charge < -0.3 is 19.1 Å². The van der Waals surface area contributed by atoms with Crippen molar-refractivity contribution >= 4 is 17.4 Å². The van der Waals surface area contributed by atoms with Crippen molar-refractivity contribution in [2.75, 3.05) is 19.1 Å². The van der Waals surface area contributed by atoms with Gasteiger partial charge in [-0.15, -0.1) is 0 Å². The van der Waals surface area contributed by atoms with Gasteiger partial charge >= 0.3 is 6.03 Å². The minimum absolute atomic E-state index is 0.0280. The maximum Gasteiger partial charge on any atom is 0.329 e. The average molecular weight is 416 g/mol. The molecule has 0 saturated heterocycles. The van der Waals surface area contributed by atoms with Crippen molar-refractivity contribution in [2.24, 2.45) is 0 Å². The molecular weight excluding hydrogens is 392 g/mol. The number of carbonyl (C=O) groups is 1. The number of anilines is 2. The SMILES string of the molecule is COc1cc2c(cc1OC)CN(C(=O)N1c3ccccc3Oc3ccccc31)C(C)C2. The predicted octanol–water partition coefficient (Wildman–Crippen LogP) is 5.51. The van der Waals surface area contributed by atoms with Crippen LogP contribution in [0.3, 0.4) is 0 Å². The smallest absolute Gasteiger partial charge is 0.329 e. The van der Waals surface area contributed by atoms with Crippen LogP contribution in [-0.2, 0) is 13.0 Å². The molecule has 6 heteroatoms. The highest BCUT2D eigenvalue weighted by atomic mass is 16.5. The fourth-order valence-corrected chi connectivity index (χ4v) is 4.36. The van der Waals surface area contributed by atoms with Gasteiger partial charge in [0.2, 0.25) is 0 Å². The molecule has 2 aliphatic heterocycles. The number of rotatable bonds is 2. The van der Waals surface area contributed by atoms with Gasteiger partial charge in [-0.3, -0.25) is 4.90 Å². The van der Waals surface area contributed by atoms with Crippen LogP contribution in [0.15, 0.2) is 60.7 Å². The summed E-state index contributed by atoms with van der Waals surface area (Å²) in [5, 5.41) is 0. The van der Waals surface area contributed by atoms with E-state index in [0.29, 0.717) is 29.5 Å². The van der Waals surface area contributed by atoms with Crippen molar-refractivity contribution in [2.45, 2.75) is 25.9 Å². The van der Waals surface area contributed by atoms with Crippen LogP contribution >= 0.6 is 0 Å². The fraction of sp³-hybridized carbons (Fsp3) is 0.240. The van der Waals surface area contributed by atoms with Gasteiger partial charge in [-0.1, -0.05) is 24.3 Å². The van der Waals surface area contributed by atoms with E-state index in [1.54, 1.807) is 19.1 Å². The molecule has 0 aromatic heterocycles. The van der Waals surface area contributed by atoms with Crippen molar-refractivity contribution in [1.82, 2.24) is 4.90 Å². The first-order valence-corrected chi connectivity index (χ1v) is 10.3. The van der Waals surface area contributed by atoms with E-state index in [1.807, 2.05) is 65.6 Å². The lowest BCUT2D eigenvalue weighted by molar-refractivity contribution is 0.177. The van der Waals surface area contributed by atoms with Gasteiger partial charge in [0.05, 0.1) is 25.6 Å². The summed E-state index contributed by atoms with van der Waals surface area (Å²) in [5.74, 6) is 2.73. The number of amides is 2. The van der Waals surface area contributed by atoms with Gasteiger partial charge in [-0.05, 0) is 60.9 Å². The normalized spacial score (nSPS) is 16.5. The molecule has 2 aliphatic rings. The Hall–Kier alpha value is -3.67. The van der Waals surface area contributed by atoms with E-state index >= 15 is 0 Å². The van der Waals surface area contributed by atoms with E-state index in [-0.39, 0.29) is 12.1 Å². The van der Waals surface area contributed by atoms with Crippen LogP contribution in [0.2, 0.25) is 0 Å². The van der Waals surface area contributed by atoms with Gasteiger partial charge in [0.15, 0.2) is 23.0 Å². The van der Waals surface area contributed by atoms with Gasteiger partial charge in [0.25, 0.3) is 0 Å². The van der Waals surface area contributed by atoms with Crippen LogP contribution in [0.5, 0.6) is 23.0 Å². The third kappa shape index (κ3) is 3.15. The van der Waals surface area contributed by atoms with E-state index < -0.39 is 0 Å². The van der Waals surface area contributed by atoms with Crippen LogP contribution in [0.25, 0.3) is 0 Å². The summed E-state index contributed by atoms with van der Waals surface area (Å²) in [5.41, 5.74) is 3.74. The summed E-state index contributed by atoms with van der Waals surface area (Å²) in [6, 6.07) is 19.2. The lowest BCUT2D eigenvalue weighted by Gasteiger charge is -2.40. The number of ether oxygens (including phenoxy) is 3. The van der Waals surface area contributed by atoms with Crippen LogP contribution in [0.4, 0.5) is 16.2 Å². The van der Waals surface area contributed by atoms with Gasteiger partial charge in [0.1, 0.15) is 0 Å². The number of hydrogen-bond acceptors (Lipinski definition) is 4. The molecule has 0 aliphatic carbocycles. The first-order valence-electron chi connectivity index (χ1n) is 10.3. The number of carbonyl (C=O) groups excluding carboxylic acids is 1. The molecule has 3 aromatic rings. The van der Waals surface area contributed by atoms with Crippen molar-refractivity contribution in [1.29, 1.82) is 0 Å². The molecule has 0 saturated carbocycles. The molecule has 1 unspecified atom stereocenters. The molecule has 158 valence electrons. The Morgan fingerprint density at radius 1 is 0.903 bits per heavy atom. The Bertz CT molecular complexity index is 1110. The zero-order valence-corrected chi connectivity index (χ0v) is 17.8. The molecule has 2 heterocycles. The Kier molecular flexibility index (Phi) is 4.70. The fourth-order valence-electron chi connectivity index (χ4n) is 4.36. The predicted molar refractivity (Wildman–Crippen MR) is 119 cm³/mol. The Morgan fingerprint density at radius 2 is 1.45 bits per heavy atom. The molecule has 31 heavy (non-hydrogen) atoms. The minimum atomic E-state index is -0.0730. The molecule has 2 amide bonds. The second-order valence-corrected chi connectivity index (χ2v) is 7.81. The zero-order valence-electron chi connectivity index (χ0n) is 17.8. The number of hydrogen-bond donors (Lipinski definition) is 0. The first kappa shape index (κ1) is 19.3. The van der Waals surface area contributed by atoms with Gasteiger partial charge in [0, 0.05) is 12.6 Å². The highest BCUT2D eigenvalue weighted by molar-refractivity contribution is 6.03. The van der Waals surface area contributed by atoms with Crippen LogP contribution in [0, 0.1) is 0 Å². The van der Waals surface area contributed by atoms with E-state index in [4.69, 9.17) is 14.2 Å². The van der Waals surface area contributed by atoms with Crippen molar-refractivity contribution in [3.63, 3.8) is 0 Å². The molecule has 0 radical (unpaired) electrons. The maximum atomic E-state index is 13.9. The number of methoxy groups -OCH3 is 2. The lowest BCUT2D eigenvalue weighted by Crippen LogP contribution is -2.48. The summed E-state index contributed by atoms with van der Waals surface area (Å²) in [7, 11) is 3.26. The van der Waals surface area contributed by atoms with E-state index in [1.165, 1.54) is 5.56 Å². The van der Waals surface area contributed by atoms with E-state index in [9.17, 15) is 4.79 Å². The summed E-state index contributed by atoms with van der Waals surface area (Å²) in [6.45, 7) is 2.58. The van der Waals surface area contributed by atoms with Gasteiger partial charge in [-0.2, -0.15) is 0 Å².